The number of nitrogens with zero attached hydrogens (tertiary/aromatic N) is 2. The molecule has 5 heteroatoms. The van der Waals surface area contributed by atoms with Crippen molar-refractivity contribution in [2.24, 2.45) is 0 Å². The van der Waals surface area contributed by atoms with Crippen molar-refractivity contribution >= 4 is 5.91 Å². The van der Waals surface area contributed by atoms with Crippen LogP contribution in [0.25, 0.3) is 0 Å². The maximum atomic E-state index is 11.7. The summed E-state index contributed by atoms with van der Waals surface area (Å²) >= 11 is 0. The van der Waals surface area contributed by atoms with Gasteiger partial charge in [0.05, 0.1) is 11.6 Å². The molecule has 5 nitrogen and oxygen atoms in total. The molecule has 0 saturated carbocycles. The third kappa shape index (κ3) is 6.28. The molecule has 1 atom stereocenters. The van der Waals surface area contributed by atoms with E-state index in [1.54, 1.807) is 24.3 Å². The summed E-state index contributed by atoms with van der Waals surface area (Å²) in [5.74, 6) is 0.442. The van der Waals surface area contributed by atoms with E-state index in [0.29, 0.717) is 23.9 Å². The molecule has 114 valence electrons. The molecule has 0 unspecified atom stereocenters. The van der Waals surface area contributed by atoms with E-state index >= 15 is 0 Å². The van der Waals surface area contributed by atoms with Gasteiger partial charge in [-0.15, -0.1) is 0 Å². The lowest BCUT2D eigenvalue weighted by molar-refractivity contribution is -0.123. The summed E-state index contributed by atoms with van der Waals surface area (Å²) in [6, 6.07) is 9.23. The highest BCUT2D eigenvalue weighted by Gasteiger charge is 2.07. The zero-order valence-electron chi connectivity index (χ0n) is 12.9. The van der Waals surface area contributed by atoms with Gasteiger partial charge in [0.2, 0.25) is 0 Å². The zero-order chi connectivity index (χ0) is 15.7. The van der Waals surface area contributed by atoms with Gasteiger partial charge in [0, 0.05) is 19.1 Å². The number of benzene rings is 1. The Kier molecular flexibility index (Phi) is 7.27. The smallest absolute Gasteiger partial charge is 0.257 e. The standard InChI is InChI=1S/C16H23N3O2/c1-4-13(2)19(3)10-9-18-16(20)12-21-15-7-5-14(11-17)6-8-15/h5-8,13H,4,9-10,12H2,1-3H3,(H,18,20)/t13-/m1/s1. The van der Waals surface area contributed by atoms with Crippen LogP contribution in [0.5, 0.6) is 5.75 Å². The van der Waals surface area contributed by atoms with Crippen LogP contribution in [0.3, 0.4) is 0 Å². The van der Waals surface area contributed by atoms with Gasteiger partial charge in [0.25, 0.3) is 5.91 Å². The molecule has 1 rings (SSSR count). The van der Waals surface area contributed by atoms with Crippen molar-refractivity contribution in [1.29, 1.82) is 5.26 Å². The van der Waals surface area contributed by atoms with Gasteiger partial charge >= 0.3 is 0 Å². The Balaban J connectivity index is 2.23. The molecule has 0 saturated heterocycles. The minimum Gasteiger partial charge on any atom is -0.484 e. The summed E-state index contributed by atoms with van der Waals surface area (Å²) in [6.07, 6.45) is 1.09. The first-order chi connectivity index (χ1) is 10.1. The molecule has 0 fully saturated rings. The monoisotopic (exact) mass is 289 g/mol. The lowest BCUT2D eigenvalue weighted by Gasteiger charge is -2.23. The van der Waals surface area contributed by atoms with Crippen molar-refractivity contribution in [2.45, 2.75) is 26.3 Å². The molecule has 0 radical (unpaired) electrons. The molecule has 0 aliphatic rings. The normalized spacial score (nSPS) is 11.8. The molecule has 0 aromatic heterocycles. The van der Waals surface area contributed by atoms with E-state index in [4.69, 9.17) is 10.00 Å². The van der Waals surface area contributed by atoms with Gasteiger partial charge in [-0.3, -0.25) is 4.79 Å². The van der Waals surface area contributed by atoms with Gasteiger partial charge < -0.3 is 15.0 Å². The molecular weight excluding hydrogens is 266 g/mol. The quantitative estimate of drug-likeness (QED) is 0.792. The largest absolute Gasteiger partial charge is 0.484 e. The van der Waals surface area contributed by atoms with Gasteiger partial charge in [-0.2, -0.15) is 5.26 Å². The summed E-state index contributed by atoms with van der Waals surface area (Å²) in [4.78, 5) is 13.9. The first-order valence-electron chi connectivity index (χ1n) is 7.16. The van der Waals surface area contributed by atoms with Crippen LogP contribution in [0.2, 0.25) is 0 Å². The van der Waals surface area contributed by atoms with Crippen LogP contribution in [0, 0.1) is 11.3 Å². The van der Waals surface area contributed by atoms with Crippen LogP contribution in [0.4, 0.5) is 0 Å². The van der Waals surface area contributed by atoms with Gasteiger partial charge in [0.15, 0.2) is 6.61 Å². The Bertz CT molecular complexity index is 479. The third-order valence-corrected chi connectivity index (χ3v) is 3.48. The number of ether oxygens (including phenoxy) is 1. The Morgan fingerprint density at radius 1 is 1.43 bits per heavy atom. The highest BCUT2D eigenvalue weighted by atomic mass is 16.5. The molecule has 1 amide bonds. The molecule has 0 aliphatic carbocycles. The third-order valence-electron chi connectivity index (χ3n) is 3.48. The SMILES string of the molecule is CC[C@@H](C)N(C)CCNC(=O)COc1ccc(C#N)cc1. The summed E-state index contributed by atoms with van der Waals surface area (Å²) in [7, 11) is 2.05. The molecule has 0 aliphatic heterocycles. The molecule has 0 bridgehead atoms. The maximum absolute atomic E-state index is 11.7. The van der Waals surface area contributed by atoms with Crippen LogP contribution in [-0.4, -0.2) is 43.6 Å². The average molecular weight is 289 g/mol. The molecule has 1 aromatic carbocycles. The van der Waals surface area contributed by atoms with Crippen molar-refractivity contribution in [3.8, 4) is 11.8 Å². The summed E-state index contributed by atoms with van der Waals surface area (Å²) in [5.41, 5.74) is 0.569. The number of amides is 1. The highest BCUT2D eigenvalue weighted by Crippen LogP contribution is 2.11. The Hall–Kier alpha value is -2.06. The molecule has 21 heavy (non-hydrogen) atoms. The number of rotatable bonds is 8. The predicted molar refractivity (Wildman–Crippen MR) is 82.0 cm³/mol. The Morgan fingerprint density at radius 3 is 2.67 bits per heavy atom. The molecular formula is C16H23N3O2. The fourth-order valence-corrected chi connectivity index (χ4v) is 1.73. The lowest BCUT2D eigenvalue weighted by Crippen LogP contribution is -2.38. The van der Waals surface area contributed by atoms with E-state index in [1.165, 1.54) is 0 Å². The van der Waals surface area contributed by atoms with E-state index in [-0.39, 0.29) is 12.5 Å². The summed E-state index contributed by atoms with van der Waals surface area (Å²) in [5, 5.41) is 11.5. The minimum absolute atomic E-state index is 0.0149. The Labute approximate surface area is 126 Å². The zero-order valence-corrected chi connectivity index (χ0v) is 12.9. The van der Waals surface area contributed by atoms with Gasteiger partial charge in [-0.1, -0.05) is 6.92 Å². The second-order valence-electron chi connectivity index (χ2n) is 5.01. The first kappa shape index (κ1) is 17.0. The topological polar surface area (TPSA) is 65.4 Å². The van der Waals surface area contributed by atoms with Crippen LogP contribution in [-0.2, 0) is 4.79 Å². The summed E-state index contributed by atoms with van der Waals surface area (Å²) < 4.78 is 5.36. The number of carbonyl (C=O) groups excluding carboxylic acids is 1. The lowest BCUT2D eigenvalue weighted by atomic mass is 10.2. The van der Waals surface area contributed by atoms with E-state index in [2.05, 4.69) is 24.1 Å². The van der Waals surface area contributed by atoms with Crippen molar-refractivity contribution in [3.05, 3.63) is 29.8 Å². The molecule has 0 heterocycles. The van der Waals surface area contributed by atoms with Gasteiger partial charge in [-0.25, -0.2) is 0 Å². The van der Waals surface area contributed by atoms with Crippen LogP contribution < -0.4 is 10.1 Å². The molecule has 1 N–H and O–H groups in total. The van der Waals surface area contributed by atoms with E-state index in [9.17, 15) is 4.79 Å². The van der Waals surface area contributed by atoms with Crippen molar-refractivity contribution in [1.82, 2.24) is 10.2 Å². The number of nitriles is 1. The van der Waals surface area contributed by atoms with E-state index < -0.39 is 0 Å². The molecule has 0 spiro atoms. The number of nitrogens with one attached hydrogen (secondary N) is 1. The average Bonchev–Trinajstić information content (AvgIpc) is 2.52. The Morgan fingerprint density at radius 2 is 2.10 bits per heavy atom. The second-order valence-corrected chi connectivity index (χ2v) is 5.01. The van der Waals surface area contributed by atoms with Crippen molar-refractivity contribution < 1.29 is 9.53 Å². The highest BCUT2D eigenvalue weighted by molar-refractivity contribution is 5.77. The minimum atomic E-state index is -0.142. The van der Waals surface area contributed by atoms with Crippen molar-refractivity contribution in [3.63, 3.8) is 0 Å². The van der Waals surface area contributed by atoms with Gasteiger partial charge in [-0.05, 0) is 44.7 Å². The summed E-state index contributed by atoms with van der Waals surface area (Å²) in [6.45, 7) is 5.72. The van der Waals surface area contributed by atoms with Crippen LogP contribution in [0.1, 0.15) is 25.8 Å². The van der Waals surface area contributed by atoms with Crippen LogP contribution >= 0.6 is 0 Å². The van der Waals surface area contributed by atoms with E-state index in [0.717, 1.165) is 13.0 Å². The fourth-order valence-electron chi connectivity index (χ4n) is 1.73. The second kappa shape index (κ2) is 8.98. The van der Waals surface area contributed by atoms with Crippen LogP contribution in [0.15, 0.2) is 24.3 Å². The van der Waals surface area contributed by atoms with Crippen molar-refractivity contribution in [2.75, 3.05) is 26.7 Å². The number of carbonyl (C=O) groups is 1. The fraction of sp³-hybridized carbons (Fsp3) is 0.500. The van der Waals surface area contributed by atoms with Gasteiger partial charge in [0.1, 0.15) is 5.75 Å². The molecule has 1 aromatic rings. The number of hydrogen-bond acceptors (Lipinski definition) is 4. The van der Waals surface area contributed by atoms with E-state index in [1.807, 2.05) is 13.1 Å². The number of hydrogen-bond donors (Lipinski definition) is 1. The predicted octanol–water partition coefficient (Wildman–Crippen LogP) is 1.78. The maximum Gasteiger partial charge on any atom is 0.257 e. The number of likely N-dealkylation sites (N-methyl/N-ethyl adjacent to an activating group) is 1. The first-order valence-corrected chi connectivity index (χ1v) is 7.16.